The van der Waals surface area contributed by atoms with Gasteiger partial charge in [0.2, 0.25) is 5.91 Å². The highest BCUT2D eigenvalue weighted by Crippen LogP contribution is 2.25. The van der Waals surface area contributed by atoms with E-state index in [1.807, 2.05) is 0 Å². The predicted molar refractivity (Wildman–Crippen MR) is 101 cm³/mol. The summed E-state index contributed by atoms with van der Waals surface area (Å²) in [4.78, 5) is 18.6. The Hall–Kier alpha value is -3.01. The zero-order valence-corrected chi connectivity index (χ0v) is 15.5. The molecule has 1 aromatic carbocycles. The third kappa shape index (κ3) is 5.26. The summed E-state index contributed by atoms with van der Waals surface area (Å²) in [6.07, 6.45) is 4.83. The van der Waals surface area contributed by atoms with Gasteiger partial charge in [0.1, 0.15) is 5.82 Å². The molecule has 146 valence electrons. The summed E-state index contributed by atoms with van der Waals surface area (Å²) in [6, 6.07) is 9.21. The van der Waals surface area contributed by atoms with Gasteiger partial charge in [-0.2, -0.15) is 5.26 Å². The van der Waals surface area contributed by atoms with Gasteiger partial charge in [-0.05, 0) is 55.0 Å². The van der Waals surface area contributed by atoms with Crippen molar-refractivity contribution in [1.82, 2.24) is 10.3 Å². The van der Waals surface area contributed by atoms with Crippen LogP contribution in [0.4, 0.5) is 14.6 Å². The van der Waals surface area contributed by atoms with E-state index in [1.54, 1.807) is 18.3 Å². The van der Waals surface area contributed by atoms with E-state index >= 15 is 0 Å². The molecule has 0 saturated carbocycles. The lowest BCUT2D eigenvalue weighted by Gasteiger charge is -2.33. The molecule has 2 aromatic rings. The largest absolute Gasteiger partial charge is 0.356 e. The third-order valence-electron chi connectivity index (χ3n) is 4.97. The first-order valence-electron chi connectivity index (χ1n) is 9.37. The Morgan fingerprint density at radius 3 is 2.93 bits per heavy atom. The molecule has 1 aliphatic heterocycles. The van der Waals surface area contributed by atoms with Crippen molar-refractivity contribution in [2.24, 2.45) is 5.92 Å². The van der Waals surface area contributed by atoms with Gasteiger partial charge in [-0.25, -0.2) is 13.8 Å². The minimum Gasteiger partial charge on any atom is -0.356 e. The lowest BCUT2D eigenvalue weighted by Crippen LogP contribution is -2.36. The third-order valence-corrected chi connectivity index (χ3v) is 4.97. The second-order valence-electron chi connectivity index (χ2n) is 7.03. The predicted octanol–water partition coefficient (Wildman–Crippen LogP) is 3.54. The highest BCUT2D eigenvalue weighted by molar-refractivity contribution is 5.75. The fourth-order valence-corrected chi connectivity index (χ4v) is 3.44. The number of anilines is 1. The molecule has 1 aromatic heterocycles. The number of carbonyl (C=O) groups is 1. The standard InChI is InChI=1S/C21H22F2N4O/c22-18-5-3-17(10-19(18)23)13-26-21(28)6-4-15-2-1-9-27(14-15)20-11-16(12-24)7-8-25-20/h3,5,7-8,10-11,15H,1-2,4,6,9,13-14H2,(H,26,28). The van der Waals surface area contributed by atoms with Gasteiger partial charge in [-0.1, -0.05) is 6.07 Å². The van der Waals surface area contributed by atoms with Crippen LogP contribution >= 0.6 is 0 Å². The molecule has 1 N–H and O–H groups in total. The normalized spacial score (nSPS) is 16.5. The van der Waals surface area contributed by atoms with Crippen LogP contribution in [0.15, 0.2) is 36.5 Å². The molecule has 1 amide bonds. The lowest BCUT2D eigenvalue weighted by atomic mass is 9.93. The fraction of sp³-hybridized carbons (Fsp3) is 0.381. The van der Waals surface area contributed by atoms with Gasteiger partial charge < -0.3 is 10.2 Å². The van der Waals surface area contributed by atoms with Crippen LogP contribution in [0.3, 0.4) is 0 Å². The van der Waals surface area contributed by atoms with Gasteiger partial charge in [0.15, 0.2) is 11.6 Å². The number of rotatable bonds is 6. The van der Waals surface area contributed by atoms with E-state index in [1.165, 1.54) is 6.07 Å². The highest BCUT2D eigenvalue weighted by atomic mass is 19.2. The minimum atomic E-state index is -0.914. The number of aromatic nitrogens is 1. The Morgan fingerprint density at radius 1 is 1.29 bits per heavy atom. The van der Waals surface area contributed by atoms with Crippen LogP contribution in [0.1, 0.15) is 36.8 Å². The second-order valence-corrected chi connectivity index (χ2v) is 7.03. The minimum absolute atomic E-state index is 0.105. The summed E-state index contributed by atoms with van der Waals surface area (Å²) in [5.41, 5.74) is 1.11. The molecule has 2 heterocycles. The number of nitrogens with one attached hydrogen (secondary N) is 1. The van der Waals surface area contributed by atoms with Gasteiger partial charge >= 0.3 is 0 Å². The average molecular weight is 384 g/mol. The molecule has 1 unspecified atom stereocenters. The monoisotopic (exact) mass is 384 g/mol. The molecule has 3 rings (SSSR count). The van der Waals surface area contributed by atoms with Gasteiger partial charge in [0.05, 0.1) is 11.6 Å². The topological polar surface area (TPSA) is 69.0 Å². The van der Waals surface area contributed by atoms with Crippen LogP contribution in [-0.2, 0) is 11.3 Å². The lowest BCUT2D eigenvalue weighted by molar-refractivity contribution is -0.121. The van der Waals surface area contributed by atoms with Gasteiger partial charge in [0, 0.05) is 32.3 Å². The summed E-state index contributed by atoms with van der Waals surface area (Å²) in [5.74, 6) is -0.747. The van der Waals surface area contributed by atoms with Crippen molar-refractivity contribution in [3.8, 4) is 6.07 Å². The van der Waals surface area contributed by atoms with E-state index in [2.05, 4.69) is 21.3 Å². The molecule has 28 heavy (non-hydrogen) atoms. The molecule has 0 aliphatic carbocycles. The van der Waals surface area contributed by atoms with E-state index in [9.17, 15) is 13.6 Å². The molecule has 0 spiro atoms. The number of hydrogen-bond acceptors (Lipinski definition) is 4. The molecule has 1 saturated heterocycles. The second kappa shape index (κ2) is 9.27. The molecule has 7 heteroatoms. The van der Waals surface area contributed by atoms with E-state index in [0.29, 0.717) is 23.5 Å². The van der Waals surface area contributed by atoms with Crippen LogP contribution in [0.2, 0.25) is 0 Å². The Morgan fingerprint density at radius 2 is 2.14 bits per heavy atom. The number of piperidine rings is 1. The highest BCUT2D eigenvalue weighted by Gasteiger charge is 2.21. The number of nitriles is 1. The smallest absolute Gasteiger partial charge is 0.220 e. The summed E-state index contributed by atoms with van der Waals surface area (Å²) < 4.78 is 26.1. The Bertz CT molecular complexity index is 881. The zero-order chi connectivity index (χ0) is 19.9. The number of hydrogen-bond donors (Lipinski definition) is 1. The number of halogens is 2. The van der Waals surface area contributed by atoms with Crippen LogP contribution in [0.5, 0.6) is 0 Å². The first kappa shape index (κ1) is 19.7. The molecule has 0 bridgehead atoms. The van der Waals surface area contributed by atoms with E-state index < -0.39 is 11.6 Å². The van der Waals surface area contributed by atoms with Crippen molar-refractivity contribution in [3.05, 3.63) is 59.3 Å². The van der Waals surface area contributed by atoms with Gasteiger partial charge in [-0.3, -0.25) is 4.79 Å². The van der Waals surface area contributed by atoms with E-state index in [0.717, 1.165) is 50.3 Å². The number of nitrogens with zero attached hydrogens (tertiary/aromatic N) is 3. The van der Waals surface area contributed by atoms with Crippen molar-refractivity contribution in [3.63, 3.8) is 0 Å². The summed E-state index contributed by atoms with van der Waals surface area (Å²) >= 11 is 0. The Balaban J connectivity index is 1.46. The summed E-state index contributed by atoms with van der Waals surface area (Å²) in [6.45, 7) is 1.87. The van der Waals surface area contributed by atoms with Crippen molar-refractivity contribution < 1.29 is 13.6 Å². The zero-order valence-electron chi connectivity index (χ0n) is 15.5. The van der Waals surface area contributed by atoms with E-state index in [-0.39, 0.29) is 12.5 Å². The number of amides is 1. The van der Waals surface area contributed by atoms with Gasteiger partial charge in [0.25, 0.3) is 0 Å². The molecule has 1 atom stereocenters. The maximum atomic E-state index is 13.2. The summed E-state index contributed by atoms with van der Waals surface area (Å²) in [7, 11) is 0. The molecule has 1 fully saturated rings. The summed E-state index contributed by atoms with van der Waals surface area (Å²) in [5, 5.41) is 11.8. The molecular formula is C21H22F2N4O. The average Bonchev–Trinajstić information content (AvgIpc) is 2.73. The van der Waals surface area contributed by atoms with Crippen molar-refractivity contribution in [2.75, 3.05) is 18.0 Å². The molecule has 1 aliphatic rings. The maximum absolute atomic E-state index is 13.2. The fourth-order valence-electron chi connectivity index (χ4n) is 3.44. The van der Waals surface area contributed by atoms with Crippen LogP contribution in [0.25, 0.3) is 0 Å². The van der Waals surface area contributed by atoms with Gasteiger partial charge in [-0.15, -0.1) is 0 Å². The van der Waals surface area contributed by atoms with Crippen LogP contribution < -0.4 is 10.2 Å². The van der Waals surface area contributed by atoms with Crippen molar-refractivity contribution in [2.45, 2.75) is 32.2 Å². The Kier molecular flexibility index (Phi) is 6.53. The quantitative estimate of drug-likeness (QED) is 0.827. The SMILES string of the molecule is N#Cc1ccnc(N2CCCC(CCC(=O)NCc3ccc(F)c(F)c3)C2)c1. The Labute approximate surface area is 163 Å². The van der Waals surface area contributed by atoms with Crippen molar-refractivity contribution in [1.29, 1.82) is 5.26 Å². The molecule has 0 radical (unpaired) electrons. The maximum Gasteiger partial charge on any atom is 0.220 e. The number of benzene rings is 1. The number of carbonyl (C=O) groups excluding carboxylic acids is 1. The number of pyridine rings is 1. The van der Waals surface area contributed by atoms with Crippen LogP contribution in [0, 0.1) is 28.9 Å². The van der Waals surface area contributed by atoms with Crippen LogP contribution in [-0.4, -0.2) is 24.0 Å². The molecule has 5 nitrogen and oxygen atoms in total. The first-order chi connectivity index (χ1) is 13.5. The molecular weight excluding hydrogens is 362 g/mol. The van der Waals surface area contributed by atoms with E-state index in [4.69, 9.17) is 5.26 Å². The van der Waals surface area contributed by atoms with Crippen molar-refractivity contribution >= 4 is 11.7 Å². The first-order valence-corrected chi connectivity index (χ1v) is 9.37.